The van der Waals surface area contributed by atoms with Crippen molar-refractivity contribution in [3.05, 3.63) is 181 Å². The van der Waals surface area contributed by atoms with Crippen LogP contribution in [-0.4, -0.2) is 29.1 Å². The van der Waals surface area contributed by atoms with Crippen LogP contribution in [0.2, 0.25) is 0 Å². The molecule has 0 radical (unpaired) electrons. The van der Waals surface area contributed by atoms with E-state index in [1.54, 1.807) is 0 Å². The fraction of sp³-hybridized carbons (Fsp3) is 0.0612. The van der Waals surface area contributed by atoms with Gasteiger partial charge in [0, 0.05) is 38.6 Å². The maximum atomic E-state index is 5.35. The number of benzene rings is 7. The summed E-state index contributed by atoms with van der Waals surface area (Å²) in [6, 6.07) is 59.2. The highest BCUT2D eigenvalue weighted by atomic mass is 15.2. The van der Waals surface area contributed by atoms with Gasteiger partial charge in [0.2, 0.25) is 5.95 Å². The van der Waals surface area contributed by atoms with Gasteiger partial charge in [-0.15, -0.1) is 0 Å². The van der Waals surface area contributed by atoms with Gasteiger partial charge in [-0.05, 0) is 46.5 Å². The molecule has 0 unspecified atom stereocenters. The Hall–Kier alpha value is -7.18. The first-order chi connectivity index (χ1) is 27.1. The molecule has 0 amide bonds. The zero-order chi connectivity index (χ0) is 36.7. The van der Waals surface area contributed by atoms with Crippen molar-refractivity contribution < 1.29 is 0 Å². The van der Waals surface area contributed by atoms with Crippen LogP contribution >= 0.6 is 0 Å². The number of nitrogens with zero attached hydrogens (tertiary/aromatic N) is 6. The summed E-state index contributed by atoms with van der Waals surface area (Å²) in [5, 5.41) is 2.23. The third kappa shape index (κ3) is 4.68. The molecule has 0 N–H and O–H groups in total. The highest BCUT2D eigenvalue weighted by Crippen LogP contribution is 2.53. The van der Waals surface area contributed by atoms with E-state index in [1.807, 2.05) is 42.5 Å². The first-order valence-corrected chi connectivity index (χ1v) is 18.7. The third-order valence-electron chi connectivity index (χ3n) is 11.2. The molecule has 260 valence electrons. The zero-order valence-corrected chi connectivity index (χ0v) is 30.3. The molecule has 10 aromatic rings. The molecule has 3 aromatic heterocycles. The molecular weight excluding hydrogens is 673 g/mol. The second kappa shape index (κ2) is 11.9. The van der Waals surface area contributed by atoms with Gasteiger partial charge in [0.25, 0.3) is 0 Å². The van der Waals surface area contributed by atoms with Gasteiger partial charge in [0.05, 0.1) is 22.1 Å². The molecule has 0 saturated carbocycles. The van der Waals surface area contributed by atoms with Crippen molar-refractivity contribution in [3.63, 3.8) is 0 Å². The molecule has 0 aliphatic heterocycles. The standard InChI is InChI=1S/C49H34N6/c1-49(2)38-26-16-15-25-35(38)36-27-28-37-41-40(30-29-39-44(41)54(34-23-13-6-14-24-34)47(50-39)33-21-11-5-12-22-33)55(43(37)42(36)49)48-52-45(31-17-7-3-8-18-31)51-46(53-48)32-19-9-4-10-20-32/h3-30H,1-2H3. The van der Waals surface area contributed by atoms with E-state index in [0.717, 1.165) is 61.0 Å². The molecule has 0 saturated heterocycles. The second-order valence-corrected chi connectivity index (χ2v) is 14.7. The summed E-state index contributed by atoms with van der Waals surface area (Å²) in [6.45, 7) is 4.68. The zero-order valence-electron chi connectivity index (χ0n) is 30.3. The van der Waals surface area contributed by atoms with Crippen molar-refractivity contribution in [2.24, 2.45) is 0 Å². The fourth-order valence-electron chi connectivity index (χ4n) is 8.72. The summed E-state index contributed by atoms with van der Waals surface area (Å²) in [7, 11) is 0. The van der Waals surface area contributed by atoms with E-state index >= 15 is 0 Å². The molecule has 1 aliphatic rings. The van der Waals surface area contributed by atoms with E-state index in [4.69, 9.17) is 19.9 Å². The Labute approximate surface area is 318 Å². The molecule has 0 fully saturated rings. The quantitative estimate of drug-likeness (QED) is 0.179. The summed E-state index contributed by atoms with van der Waals surface area (Å²) in [6.07, 6.45) is 0. The monoisotopic (exact) mass is 706 g/mol. The van der Waals surface area contributed by atoms with Crippen molar-refractivity contribution in [2.75, 3.05) is 0 Å². The minimum Gasteiger partial charge on any atom is -0.292 e. The molecule has 0 spiro atoms. The van der Waals surface area contributed by atoms with Crippen LogP contribution in [0.5, 0.6) is 0 Å². The fourth-order valence-corrected chi connectivity index (χ4v) is 8.72. The Balaban J connectivity index is 1.33. The highest BCUT2D eigenvalue weighted by Gasteiger charge is 2.39. The predicted molar refractivity (Wildman–Crippen MR) is 223 cm³/mol. The number of aromatic nitrogens is 6. The lowest BCUT2D eigenvalue weighted by atomic mass is 9.81. The van der Waals surface area contributed by atoms with Crippen molar-refractivity contribution in [3.8, 4) is 56.9 Å². The maximum Gasteiger partial charge on any atom is 0.238 e. The summed E-state index contributed by atoms with van der Waals surface area (Å²) in [5.41, 5.74) is 12.8. The number of fused-ring (bicyclic) bond motifs is 9. The number of hydrogen-bond acceptors (Lipinski definition) is 4. The number of imidazole rings is 1. The normalized spacial score (nSPS) is 13.1. The second-order valence-electron chi connectivity index (χ2n) is 14.7. The molecule has 0 atom stereocenters. The van der Waals surface area contributed by atoms with Crippen LogP contribution in [0.25, 0.3) is 89.8 Å². The SMILES string of the molecule is CC1(C)c2ccccc2-c2ccc3c4c5c(ccc4n(-c4nc(-c6ccccc6)nc(-c6ccccc6)n4)c3c21)nc(-c1ccccc1)n5-c1ccccc1. The summed E-state index contributed by atoms with van der Waals surface area (Å²) in [5.74, 6) is 2.70. The van der Waals surface area contributed by atoms with Crippen LogP contribution in [0.1, 0.15) is 25.0 Å². The molecule has 3 heterocycles. The Bertz CT molecular complexity index is 3030. The summed E-state index contributed by atoms with van der Waals surface area (Å²) in [4.78, 5) is 21.1. The lowest BCUT2D eigenvalue weighted by Gasteiger charge is -2.23. The molecule has 7 aromatic carbocycles. The molecule has 6 heteroatoms. The first-order valence-electron chi connectivity index (χ1n) is 18.7. The summed E-state index contributed by atoms with van der Waals surface area (Å²) < 4.78 is 4.61. The molecule has 11 rings (SSSR count). The molecule has 6 nitrogen and oxygen atoms in total. The van der Waals surface area contributed by atoms with E-state index in [1.165, 1.54) is 22.3 Å². The van der Waals surface area contributed by atoms with Gasteiger partial charge >= 0.3 is 0 Å². The van der Waals surface area contributed by atoms with Crippen molar-refractivity contribution in [1.82, 2.24) is 29.1 Å². The Morgan fingerprint density at radius 1 is 0.455 bits per heavy atom. The van der Waals surface area contributed by atoms with Gasteiger partial charge in [0.15, 0.2) is 11.6 Å². The topological polar surface area (TPSA) is 61.4 Å². The van der Waals surface area contributed by atoms with Crippen LogP contribution in [0.4, 0.5) is 0 Å². The van der Waals surface area contributed by atoms with Crippen molar-refractivity contribution in [1.29, 1.82) is 0 Å². The highest BCUT2D eigenvalue weighted by molar-refractivity contribution is 6.22. The van der Waals surface area contributed by atoms with Crippen LogP contribution in [-0.2, 0) is 5.41 Å². The Kier molecular flexibility index (Phi) is 6.79. The minimum absolute atomic E-state index is 0.302. The van der Waals surface area contributed by atoms with E-state index in [2.05, 4.69) is 150 Å². The van der Waals surface area contributed by atoms with Gasteiger partial charge in [-0.3, -0.25) is 9.13 Å². The Morgan fingerprint density at radius 3 is 1.69 bits per heavy atom. The minimum atomic E-state index is -0.302. The van der Waals surface area contributed by atoms with Crippen LogP contribution in [0.3, 0.4) is 0 Å². The lowest BCUT2D eigenvalue weighted by molar-refractivity contribution is 0.663. The van der Waals surface area contributed by atoms with E-state index in [0.29, 0.717) is 17.6 Å². The Morgan fingerprint density at radius 2 is 1.04 bits per heavy atom. The summed E-state index contributed by atoms with van der Waals surface area (Å²) >= 11 is 0. The van der Waals surface area contributed by atoms with Crippen LogP contribution < -0.4 is 0 Å². The first kappa shape index (κ1) is 31.4. The van der Waals surface area contributed by atoms with Crippen LogP contribution in [0.15, 0.2) is 170 Å². The van der Waals surface area contributed by atoms with Gasteiger partial charge in [-0.2, -0.15) is 9.97 Å². The number of rotatable bonds is 5. The van der Waals surface area contributed by atoms with E-state index in [-0.39, 0.29) is 5.41 Å². The molecule has 55 heavy (non-hydrogen) atoms. The molecule has 0 bridgehead atoms. The van der Waals surface area contributed by atoms with Gasteiger partial charge < -0.3 is 0 Å². The smallest absolute Gasteiger partial charge is 0.238 e. The van der Waals surface area contributed by atoms with Crippen molar-refractivity contribution >= 4 is 32.8 Å². The van der Waals surface area contributed by atoms with E-state index in [9.17, 15) is 0 Å². The van der Waals surface area contributed by atoms with Crippen molar-refractivity contribution in [2.45, 2.75) is 19.3 Å². The molecule has 1 aliphatic carbocycles. The third-order valence-corrected chi connectivity index (χ3v) is 11.2. The predicted octanol–water partition coefficient (Wildman–Crippen LogP) is 11.6. The van der Waals surface area contributed by atoms with Gasteiger partial charge in [0.1, 0.15) is 5.82 Å². The average molecular weight is 707 g/mol. The maximum absolute atomic E-state index is 5.35. The lowest BCUT2D eigenvalue weighted by Crippen LogP contribution is -2.17. The van der Waals surface area contributed by atoms with E-state index < -0.39 is 0 Å². The largest absolute Gasteiger partial charge is 0.292 e. The average Bonchev–Trinajstić information content (AvgIpc) is 3.88. The van der Waals surface area contributed by atoms with Gasteiger partial charge in [-0.25, -0.2) is 9.97 Å². The molecular formula is C49H34N6. The number of hydrogen-bond donors (Lipinski definition) is 0. The van der Waals surface area contributed by atoms with Crippen LogP contribution in [0, 0.1) is 0 Å². The number of para-hydroxylation sites is 1. The van der Waals surface area contributed by atoms with Gasteiger partial charge in [-0.1, -0.05) is 159 Å².